The van der Waals surface area contributed by atoms with Crippen LogP contribution in [0.5, 0.6) is 0 Å². The van der Waals surface area contributed by atoms with E-state index < -0.39 is 0 Å². The fourth-order valence-electron chi connectivity index (χ4n) is 3.82. The maximum atomic E-state index is 9.78. The lowest BCUT2D eigenvalue weighted by molar-refractivity contribution is 0.0128. The Bertz CT molecular complexity index is 243. The summed E-state index contributed by atoms with van der Waals surface area (Å²) in [4.78, 5) is 2.62. The van der Waals surface area contributed by atoms with Crippen molar-refractivity contribution in [2.45, 2.75) is 58.8 Å². The van der Waals surface area contributed by atoms with Crippen LogP contribution in [0.1, 0.15) is 58.8 Å². The van der Waals surface area contributed by atoms with Gasteiger partial charge in [-0.3, -0.25) is 0 Å². The van der Waals surface area contributed by atoms with Gasteiger partial charge in [0.25, 0.3) is 0 Å². The van der Waals surface area contributed by atoms with Crippen molar-refractivity contribution >= 4 is 0 Å². The molecule has 2 heteroatoms. The summed E-state index contributed by atoms with van der Waals surface area (Å²) in [7, 11) is 0. The molecule has 0 spiro atoms. The van der Waals surface area contributed by atoms with Crippen LogP contribution in [0, 0.1) is 10.8 Å². The second-order valence-corrected chi connectivity index (χ2v) is 7.20. The smallest absolute Gasteiger partial charge is 0.0499 e. The van der Waals surface area contributed by atoms with E-state index in [-0.39, 0.29) is 5.41 Å². The number of aliphatic hydroxyl groups is 1. The molecule has 1 saturated heterocycles. The van der Waals surface area contributed by atoms with Gasteiger partial charge in [0.2, 0.25) is 0 Å². The highest BCUT2D eigenvalue weighted by molar-refractivity contribution is 4.88. The molecular weight excluding hydrogens is 210 g/mol. The van der Waals surface area contributed by atoms with Gasteiger partial charge in [0, 0.05) is 25.1 Å². The first-order valence-electron chi connectivity index (χ1n) is 7.39. The van der Waals surface area contributed by atoms with Crippen LogP contribution in [0.3, 0.4) is 0 Å². The lowest BCUT2D eigenvalue weighted by Crippen LogP contribution is -2.47. The van der Waals surface area contributed by atoms with E-state index in [2.05, 4.69) is 18.7 Å². The van der Waals surface area contributed by atoms with E-state index in [1.165, 1.54) is 58.0 Å². The van der Waals surface area contributed by atoms with E-state index in [9.17, 15) is 5.11 Å². The lowest BCUT2D eigenvalue weighted by Gasteiger charge is -2.44. The molecule has 2 nitrogen and oxygen atoms in total. The van der Waals surface area contributed by atoms with Gasteiger partial charge in [-0.05, 0) is 37.6 Å². The molecule has 2 fully saturated rings. The van der Waals surface area contributed by atoms with E-state index in [1.807, 2.05) is 0 Å². The Morgan fingerprint density at radius 2 is 1.71 bits per heavy atom. The Hall–Kier alpha value is -0.0800. The predicted octanol–water partition coefficient (Wildman–Crippen LogP) is 3.05. The minimum atomic E-state index is 0.228. The van der Waals surface area contributed by atoms with Gasteiger partial charge in [-0.1, -0.05) is 33.1 Å². The molecule has 2 rings (SSSR count). The first-order chi connectivity index (χ1) is 8.05. The molecule has 1 heterocycles. The number of likely N-dealkylation sites (tertiary alicyclic amines) is 1. The number of rotatable bonds is 3. The lowest BCUT2D eigenvalue weighted by atomic mass is 9.73. The van der Waals surface area contributed by atoms with Crippen LogP contribution in [0.4, 0.5) is 0 Å². The monoisotopic (exact) mass is 239 g/mol. The first kappa shape index (κ1) is 13.4. The van der Waals surface area contributed by atoms with Crippen molar-refractivity contribution in [2.24, 2.45) is 10.8 Å². The molecule has 0 bridgehead atoms. The molecule has 0 aromatic carbocycles. The molecule has 0 unspecified atom stereocenters. The van der Waals surface area contributed by atoms with E-state index in [4.69, 9.17) is 0 Å². The van der Waals surface area contributed by atoms with Crippen molar-refractivity contribution in [3.8, 4) is 0 Å². The van der Waals surface area contributed by atoms with Crippen molar-refractivity contribution in [1.29, 1.82) is 0 Å². The number of aliphatic hydroxyl groups excluding tert-OH is 1. The Labute approximate surface area is 106 Å². The molecule has 0 aromatic rings. The van der Waals surface area contributed by atoms with Gasteiger partial charge >= 0.3 is 0 Å². The standard InChI is InChI=1S/C15H29NO/c1-14(2)7-6-10-16(11-14)12-15(13-17)8-4-3-5-9-15/h17H,3-13H2,1-2H3. The van der Waals surface area contributed by atoms with Crippen LogP contribution in [-0.4, -0.2) is 36.2 Å². The van der Waals surface area contributed by atoms with E-state index in [0.29, 0.717) is 12.0 Å². The highest BCUT2D eigenvalue weighted by Gasteiger charge is 2.36. The maximum Gasteiger partial charge on any atom is 0.0499 e. The van der Waals surface area contributed by atoms with Crippen molar-refractivity contribution in [3.05, 3.63) is 0 Å². The Balaban J connectivity index is 1.93. The number of nitrogens with zero attached hydrogens (tertiary/aromatic N) is 1. The molecule has 1 aliphatic heterocycles. The summed E-state index contributed by atoms with van der Waals surface area (Å²) < 4.78 is 0. The van der Waals surface area contributed by atoms with Crippen LogP contribution in [0.15, 0.2) is 0 Å². The second-order valence-electron chi connectivity index (χ2n) is 7.20. The van der Waals surface area contributed by atoms with Gasteiger partial charge in [0.05, 0.1) is 0 Å². The largest absolute Gasteiger partial charge is 0.396 e. The Morgan fingerprint density at radius 1 is 1.00 bits per heavy atom. The molecule has 0 amide bonds. The topological polar surface area (TPSA) is 23.5 Å². The molecule has 2 aliphatic rings. The third kappa shape index (κ3) is 3.45. The zero-order valence-corrected chi connectivity index (χ0v) is 11.7. The summed E-state index contributed by atoms with van der Waals surface area (Å²) in [6.07, 6.45) is 9.16. The highest BCUT2D eigenvalue weighted by Crippen LogP contribution is 2.38. The van der Waals surface area contributed by atoms with Gasteiger partial charge < -0.3 is 10.0 Å². The van der Waals surface area contributed by atoms with Crippen LogP contribution in [-0.2, 0) is 0 Å². The average Bonchev–Trinajstić information content (AvgIpc) is 2.29. The molecule has 0 radical (unpaired) electrons. The van der Waals surface area contributed by atoms with Crippen molar-refractivity contribution in [1.82, 2.24) is 4.90 Å². The summed E-state index contributed by atoms with van der Waals surface area (Å²) in [5, 5.41) is 9.78. The Kier molecular flexibility index (Phi) is 4.14. The van der Waals surface area contributed by atoms with Gasteiger partial charge in [-0.2, -0.15) is 0 Å². The van der Waals surface area contributed by atoms with Gasteiger partial charge in [0.1, 0.15) is 0 Å². The van der Waals surface area contributed by atoms with Crippen LogP contribution in [0.2, 0.25) is 0 Å². The van der Waals surface area contributed by atoms with E-state index >= 15 is 0 Å². The molecule has 0 aromatic heterocycles. The van der Waals surface area contributed by atoms with E-state index in [0.717, 1.165) is 6.54 Å². The minimum Gasteiger partial charge on any atom is -0.396 e. The number of hydrogen-bond donors (Lipinski definition) is 1. The third-order valence-electron chi connectivity index (χ3n) is 4.79. The minimum absolute atomic E-state index is 0.228. The summed E-state index contributed by atoms with van der Waals surface area (Å²) >= 11 is 0. The van der Waals surface area contributed by atoms with Crippen molar-refractivity contribution in [2.75, 3.05) is 26.2 Å². The van der Waals surface area contributed by atoms with Crippen LogP contribution >= 0.6 is 0 Å². The SMILES string of the molecule is CC1(C)CCCN(CC2(CO)CCCCC2)C1. The van der Waals surface area contributed by atoms with Crippen LogP contribution < -0.4 is 0 Å². The quantitative estimate of drug-likeness (QED) is 0.818. The predicted molar refractivity (Wildman–Crippen MR) is 72.1 cm³/mol. The summed E-state index contributed by atoms with van der Waals surface area (Å²) in [6.45, 7) is 8.74. The van der Waals surface area contributed by atoms with Crippen LogP contribution in [0.25, 0.3) is 0 Å². The molecular formula is C15H29NO. The highest BCUT2D eigenvalue weighted by atomic mass is 16.3. The summed E-state index contributed by atoms with van der Waals surface area (Å²) in [5.41, 5.74) is 0.704. The molecule has 1 saturated carbocycles. The second kappa shape index (κ2) is 5.27. The fourth-order valence-corrected chi connectivity index (χ4v) is 3.82. The van der Waals surface area contributed by atoms with Gasteiger partial charge in [-0.15, -0.1) is 0 Å². The van der Waals surface area contributed by atoms with Gasteiger partial charge in [0.15, 0.2) is 0 Å². The molecule has 17 heavy (non-hydrogen) atoms. The zero-order valence-electron chi connectivity index (χ0n) is 11.7. The summed E-state index contributed by atoms with van der Waals surface area (Å²) in [6, 6.07) is 0. The van der Waals surface area contributed by atoms with E-state index in [1.54, 1.807) is 0 Å². The number of piperidine rings is 1. The fraction of sp³-hybridized carbons (Fsp3) is 1.00. The molecule has 1 N–H and O–H groups in total. The first-order valence-corrected chi connectivity index (χ1v) is 7.39. The summed E-state index contributed by atoms with van der Waals surface area (Å²) in [5.74, 6) is 0. The normalized spacial score (nSPS) is 29.1. The number of hydrogen-bond acceptors (Lipinski definition) is 2. The average molecular weight is 239 g/mol. The van der Waals surface area contributed by atoms with Gasteiger partial charge in [-0.25, -0.2) is 0 Å². The molecule has 100 valence electrons. The Morgan fingerprint density at radius 3 is 2.29 bits per heavy atom. The maximum absolute atomic E-state index is 9.78. The third-order valence-corrected chi connectivity index (χ3v) is 4.79. The zero-order chi connectivity index (χ0) is 12.4. The van der Waals surface area contributed by atoms with Crippen molar-refractivity contribution in [3.63, 3.8) is 0 Å². The molecule has 0 atom stereocenters. The van der Waals surface area contributed by atoms with Crippen molar-refractivity contribution < 1.29 is 5.11 Å². The molecule has 1 aliphatic carbocycles.